The molecule has 0 aliphatic heterocycles. The van der Waals surface area contributed by atoms with E-state index in [1.807, 2.05) is 6.92 Å². The summed E-state index contributed by atoms with van der Waals surface area (Å²) in [6, 6.07) is 10.1. The number of nitrogens with one attached hydrogen (secondary N) is 1. The van der Waals surface area contributed by atoms with Crippen LogP contribution in [0.25, 0.3) is 0 Å². The molecule has 26 heavy (non-hydrogen) atoms. The molecule has 2 aromatic rings. The molecule has 0 bridgehead atoms. The lowest BCUT2D eigenvalue weighted by atomic mass is 10.1. The average molecular weight is 376 g/mol. The van der Waals surface area contributed by atoms with Crippen LogP contribution in [0.3, 0.4) is 0 Å². The Hall–Kier alpha value is -2.38. The van der Waals surface area contributed by atoms with Gasteiger partial charge in [-0.2, -0.15) is 0 Å². The third-order valence-electron chi connectivity index (χ3n) is 4.06. The zero-order valence-corrected chi connectivity index (χ0v) is 16.5. The maximum absolute atomic E-state index is 12.6. The number of ether oxygens (including phenoxy) is 1. The topological polar surface area (TPSA) is 75.7 Å². The molecule has 7 heteroatoms. The average Bonchev–Trinajstić information content (AvgIpc) is 2.58. The van der Waals surface area contributed by atoms with Crippen molar-refractivity contribution in [3.63, 3.8) is 0 Å². The van der Waals surface area contributed by atoms with Gasteiger partial charge in [-0.05, 0) is 68.3 Å². The van der Waals surface area contributed by atoms with E-state index in [9.17, 15) is 13.2 Å². The summed E-state index contributed by atoms with van der Waals surface area (Å²) in [6.07, 6.45) is 0. The smallest absolute Gasteiger partial charge is 0.255 e. The third kappa shape index (κ3) is 4.23. The normalized spacial score (nSPS) is 11.5. The quantitative estimate of drug-likeness (QED) is 0.840. The van der Waals surface area contributed by atoms with Gasteiger partial charge >= 0.3 is 0 Å². The Bertz CT molecular complexity index is 904. The standard InChI is InChI=1S/C19H24N2O4S/c1-6-25-17-9-7-16(8-10-17)20-19(22)15-11-13(2)14(3)18(12-15)26(23,24)21(4)5/h7-12H,6H2,1-5H3,(H,20,22). The lowest BCUT2D eigenvalue weighted by molar-refractivity contribution is 0.102. The number of benzene rings is 2. The van der Waals surface area contributed by atoms with Crippen LogP contribution >= 0.6 is 0 Å². The summed E-state index contributed by atoms with van der Waals surface area (Å²) in [5.74, 6) is 0.350. The number of sulfonamides is 1. The van der Waals surface area contributed by atoms with Crippen molar-refractivity contribution >= 4 is 21.6 Å². The molecule has 1 amide bonds. The van der Waals surface area contributed by atoms with Crippen LogP contribution in [-0.2, 0) is 10.0 Å². The van der Waals surface area contributed by atoms with Crippen LogP contribution in [0.5, 0.6) is 5.75 Å². The maximum Gasteiger partial charge on any atom is 0.255 e. The largest absolute Gasteiger partial charge is 0.494 e. The summed E-state index contributed by atoms with van der Waals surface area (Å²) in [5.41, 5.74) is 2.28. The van der Waals surface area contributed by atoms with E-state index < -0.39 is 10.0 Å². The van der Waals surface area contributed by atoms with Crippen LogP contribution in [0.2, 0.25) is 0 Å². The van der Waals surface area contributed by atoms with Gasteiger partial charge in [0.25, 0.3) is 5.91 Å². The molecule has 1 N–H and O–H groups in total. The summed E-state index contributed by atoms with van der Waals surface area (Å²) in [6.45, 7) is 5.99. The molecule has 2 rings (SSSR count). The van der Waals surface area contributed by atoms with Crippen molar-refractivity contribution in [3.8, 4) is 5.75 Å². The molecule has 0 aliphatic carbocycles. The van der Waals surface area contributed by atoms with Crippen molar-refractivity contribution in [3.05, 3.63) is 53.1 Å². The van der Waals surface area contributed by atoms with Gasteiger partial charge in [0, 0.05) is 25.3 Å². The summed E-state index contributed by atoms with van der Waals surface area (Å²) in [5, 5.41) is 2.78. The molecule has 0 saturated carbocycles. The predicted octanol–water partition coefficient (Wildman–Crippen LogP) is 3.20. The summed E-state index contributed by atoms with van der Waals surface area (Å²) in [4.78, 5) is 12.7. The number of amides is 1. The second-order valence-electron chi connectivity index (χ2n) is 6.12. The Balaban J connectivity index is 2.33. The van der Waals surface area contributed by atoms with Gasteiger partial charge < -0.3 is 10.1 Å². The number of carbonyl (C=O) groups excluding carboxylic acids is 1. The van der Waals surface area contributed by atoms with Gasteiger partial charge in [-0.25, -0.2) is 12.7 Å². The van der Waals surface area contributed by atoms with Crippen LogP contribution < -0.4 is 10.1 Å². The van der Waals surface area contributed by atoms with Gasteiger partial charge in [-0.15, -0.1) is 0 Å². The summed E-state index contributed by atoms with van der Waals surface area (Å²) < 4.78 is 31.5. The Morgan fingerprint density at radius 1 is 1.12 bits per heavy atom. The molecule has 0 radical (unpaired) electrons. The Morgan fingerprint density at radius 2 is 1.73 bits per heavy atom. The lowest BCUT2D eigenvalue weighted by Crippen LogP contribution is -2.24. The Labute approximate surface area is 154 Å². The van der Waals surface area contributed by atoms with Crippen molar-refractivity contribution in [2.45, 2.75) is 25.7 Å². The molecular weight excluding hydrogens is 352 g/mol. The van der Waals surface area contributed by atoms with Crippen molar-refractivity contribution in [1.82, 2.24) is 4.31 Å². The predicted molar refractivity (Wildman–Crippen MR) is 102 cm³/mol. The fraction of sp³-hybridized carbons (Fsp3) is 0.316. The van der Waals surface area contributed by atoms with E-state index in [1.54, 1.807) is 44.2 Å². The fourth-order valence-electron chi connectivity index (χ4n) is 2.43. The minimum Gasteiger partial charge on any atom is -0.494 e. The highest BCUT2D eigenvalue weighted by molar-refractivity contribution is 7.89. The summed E-state index contributed by atoms with van der Waals surface area (Å²) in [7, 11) is -0.696. The third-order valence-corrected chi connectivity index (χ3v) is 6.00. The molecule has 6 nitrogen and oxygen atoms in total. The van der Waals surface area contributed by atoms with Crippen molar-refractivity contribution < 1.29 is 17.9 Å². The van der Waals surface area contributed by atoms with Gasteiger partial charge in [-0.3, -0.25) is 4.79 Å². The highest BCUT2D eigenvalue weighted by atomic mass is 32.2. The lowest BCUT2D eigenvalue weighted by Gasteiger charge is -2.16. The molecule has 0 aliphatic rings. The van der Waals surface area contributed by atoms with E-state index in [1.165, 1.54) is 20.2 Å². The molecule has 0 spiro atoms. The molecular formula is C19H24N2O4S. The Morgan fingerprint density at radius 3 is 2.27 bits per heavy atom. The molecule has 0 aromatic heterocycles. The van der Waals surface area contributed by atoms with E-state index >= 15 is 0 Å². The first kappa shape index (κ1) is 19.9. The molecule has 2 aromatic carbocycles. The number of hydrogen-bond donors (Lipinski definition) is 1. The molecule has 0 saturated heterocycles. The Kier molecular flexibility index (Phi) is 6.05. The zero-order chi connectivity index (χ0) is 19.5. The zero-order valence-electron chi connectivity index (χ0n) is 15.7. The van der Waals surface area contributed by atoms with E-state index in [-0.39, 0.29) is 10.8 Å². The van der Waals surface area contributed by atoms with Crippen molar-refractivity contribution in [2.24, 2.45) is 0 Å². The fourth-order valence-corrected chi connectivity index (χ4v) is 3.64. The van der Waals surface area contributed by atoms with Gasteiger partial charge in [0.2, 0.25) is 10.0 Å². The highest BCUT2D eigenvalue weighted by Gasteiger charge is 2.23. The number of anilines is 1. The summed E-state index contributed by atoms with van der Waals surface area (Å²) >= 11 is 0. The molecule has 0 atom stereocenters. The number of hydrogen-bond acceptors (Lipinski definition) is 4. The molecule has 0 heterocycles. The number of rotatable bonds is 6. The van der Waals surface area contributed by atoms with Crippen molar-refractivity contribution in [2.75, 3.05) is 26.0 Å². The maximum atomic E-state index is 12.6. The van der Waals surface area contributed by atoms with Gasteiger partial charge in [0.15, 0.2) is 0 Å². The molecule has 0 unspecified atom stereocenters. The number of nitrogens with zero attached hydrogens (tertiary/aromatic N) is 1. The SMILES string of the molecule is CCOc1ccc(NC(=O)c2cc(C)c(C)c(S(=O)(=O)N(C)C)c2)cc1. The van der Waals surface area contributed by atoms with Crippen LogP contribution in [0.4, 0.5) is 5.69 Å². The van der Waals surface area contributed by atoms with Crippen LogP contribution in [0.15, 0.2) is 41.3 Å². The number of carbonyl (C=O) groups is 1. The first-order valence-corrected chi connectivity index (χ1v) is 9.68. The van der Waals surface area contributed by atoms with Crippen molar-refractivity contribution in [1.29, 1.82) is 0 Å². The van der Waals surface area contributed by atoms with Gasteiger partial charge in [0.05, 0.1) is 11.5 Å². The van der Waals surface area contributed by atoms with Crippen LogP contribution in [0, 0.1) is 13.8 Å². The second-order valence-corrected chi connectivity index (χ2v) is 8.24. The van der Waals surface area contributed by atoms with Crippen LogP contribution in [0.1, 0.15) is 28.4 Å². The van der Waals surface area contributed by atoms with E-state index in [4.69, 9.17) is 4.74 Å². The van der Waals surface area contributed by atoms with Crippen LogP contribution in [-0.4, -0.2) is 39.3 Å². The number of aryl methyl sites for hydroxylation is 1. The molecule has 140 valence electrons. The minimum atomic E-state index is -3.63. The van der Waals surface area contributed by atoms with E-state index in [0.29, 0.717) is 23.4 Å². The molecule has 0 fully saturated rings. The van der Waals surface area contributed by atoms with Gasteiger partial charge in [-0.1, -0.05) is 0 Å². The monoisotopic (exact) mass is 376 g/mol. The second kappa shape index (κ2) is 7.88. The first-order valence-electron chi connectivity index (χ1n) is 8.24. The van der Waals surface area contributed by atoms with E-state index in [2.05, 4.69) is 5.32 Å². The van der Waals surface area contributed by atoms with E-state index in [0.717, 1.165) is 15.6 Å². The minimum absolute atomic E-state index is 0.138. The highest BCUT2D eigenvalue weighted by Crippen LogP contribution is 2.24. The first-order chi connectivity index (χ1) is 12.2. The van der Waals surface area contributed by atoms with Gasteiger partial charge in [0.1, 0.15) is 5.75 Å².